The fraction of sp³-hybridized carbons (Fsp3) is 0.300. The SMILES string of the molecule is O=C(NCc1cccc2ccccc12)Nc1cnn(C2CCOCC2)c1. The first kappa shape index (κ1) is 16.6. The zero-order valence-electron chi connectivity index (χ0n) is 14.5. The maximum Gasteiger partial charge on any atom is 0.319 e. The maximum absolute atomic E-state index is 12.2. The molecule has 3 aromatic rings. The minimum atomic E-state index is -0.232. The number of carbonyl (C=O) groups is 1. The number of amides is 2. The molecule has 4 rings (SSSR count). The zero-order chi connectivity index (χ0) is 17.8. The monoisotopic (exact) mass is 350 g/mol. The van der Waals surface area contributed by atoms with Crippen molar-refractivity contribution in [3.63, 3.8) is 0 Å². The van der Waals surface area contributed by atoms with Crippen molar-refractivity contribution < 1.29 is 9.53 Å². The van der Waals surface area contributed by atoms with Gasteiger partial charge in [-0.15, -0.1) is 0 Å². The number of ether oxygens (including phenoxy) is 1. The Morgan fingerprint density at radius 2 is 1.96 bits per heavy atom. The van der Waals surface area contributed by atoms with Gasteiger partial charge in [-0.1, -0.05) is 42.5 Å². The van der Waals surface area contributed by atoms with Crippen molar-refractivity contribution in [3.8, 4) is 0 Å². The van der Waals surface area contributed by atoms with Gasteiger partial charge in [0.25, 0.3) is 0 Å². The molecular weight excluding hydrogens is 328 g/mol. The van der Waals surface area contributed by atoms with Crippen LogP contribution in [0.4, 0.5) is 10.5 Å². The van der Waals surface area contributed by atoms with E-state index >= 15 is 0 Å². The summed E-state index contributed by atoms with van der Waals surface area (Å²) in [6.07, 6.45) is 5.48. The first-order chi connectivity index (χ1) is 12.8. The molecule has 0 bridgehead atoms. The summed E-state index contributed by atoms with van der Waals surface area (Å²) in [5.41, 5.74) is 1.79. The number of fused-ring (bicyclic) bond motifs is 1. The van der Waals surface area contributed by atoms with Gasteiger partial charge in [0, 0.05) is 26.0 Å². The molecule has 2 N–H and O–H groups in total. The van der Waals surface area contributed by atoms with Gasteiger partial charge < -0.3 is 15.4 Å². The predicted octanol–water partition coefficient (Wildman–Crippen LogP) is 3.71. The standard InChI is InChI=1S/C20H22N4O2/c25-20(21-12-16-6-3-5-15-4-1-2-7-19(15)16)23-17-13-22-24(14-17)18-8-10-26-11-9-18/h1-7,13-14,18H,8-12H2,(H2,21,23,25). The van der Waals surface area contributed by atoms with Crippen molar-refractivity contribution >= 4 is 22.5 Å². The van der Waals surface area contributed by atoms with Crippen molar-refractivity contribution in [3.05, 3.63) is 60.4 Å². The smallest absolute Gasteiger partial charge is 0.319 e. The number of carbonyl (C=O) groups excluding carboxylic acids is 1. The van der Waals surface area contributed by atoms with E-state index in [-0.39, 0.29) is 6.03 Å². The van der Waals surface area contributed by atoms with Crippen molar-refractivity contribution in [2.45, 2.75) is 25.4 Å². The van der Waals surface area contributed by atoms with Gasteiger partial charge in [0.2, 0.25) is 0 Å². The van der Waals surface area contributed by atoms with Crippen molar-refractivity contribution in [1.82, 2.24) is 15.1 Å². The Balaban J connectivity index is 1.36. The van der Waals surface area contributed by atoms with Gasteiger partial charge in [-0.25, -0.2) is 4.79 Å². The lowest BCUT2D eigenvalue weighted by Crippen LogP contribution is -2.28. The highest BCUT2D eigenvalue weighted by molar-refractivity contribution is 5.90. The first-order valence-electron chi connectivity index (χ1n) is 8.93. The van der Waals surface area contributed by atoms with E-state index in [1.165, 1.54) is 5.39 Å². The van der Waals surface area contributed by atoms with Crippen LogP contribution < -0.4 is 10.6 Å². The van der Waals surface area contributed by atoms with E-state index in [9.17, 15) is 4.79 Å². The normalized spacial score (nSPS) is 15.1. The number of hydrogen-bond donors (Lipinski definition) is 2. The number of anilines is 1. The molecule has 6 heteroatoms. The second kappa shape index (κ2) is 7.58. The molecule has 0 radical (unpaired) electrons. The molecule has 26 heavy (non-hydrogen) atoms. The van der Waals surface area contributed by atoms with Crippen LogP contribution in [-0.2, 0) is 11.3 Å². The highest BCUT2D eigenvalue weighted by Crippen LogP contribution is 2.21. The highest BCUT2D eigenvalue weighted by atomic mass is 16.5. The Kier molecular flexibility index (Phi) is 4.84. The van der Waals surface area contributed by atoms with Crippen LogP contribution in [0.15, 0.2) is 54.9 Å². The van der Waals surface area contributed by atoms with Crippen LogP contribution >= 0.6 is 0 Å². The molecule has 0 saturated carbocycles. The van der Waals surface area contributed by atoms with Crippen molar-refractivity contribution in [2.75, 3.05) is 18.5 Å². The molecule has 1 aliphatic heterocycles. The minimum Gasteiger partial charge on any atom is -0.381 e. The van der Waals surface area contributed by atoms with Crippen LogP contribution in [0.1, 0.15) is 24.4 Å². The third-order valence-electron chi connectivity index (χ3n) is 4.74. The molecule has 0 aliphatic carbocycles. The van der Waals surface area contributed by atoms with Gasteiger partial charge >= 0.3 is 6.03 Å². The fourth-order valence-corrected chi connectivity index (χ4v) is 3.35. The maximum atomic E-state index is 12.2. The zero-order valence-corrected chi connectivity index (χ0v) is 14.5. The third-order valence-corrected chi connectivity index (χ3v) is 4.74. The van der Waals surface area contributed by atoms with E-state index in [4.69, 9.17) is 4.74 Å². The van der Waals surface area contributed by atoms with Gasteiger partial charge in [0.05, 0.1) is 17.9 Å². The van der Waals surface area contributed by atoms with Gasteiger partial charge in [-0.2, -0.15) is 5.10 Å². The summed E-state index contributed by atoms with van der Waals surface area (Å²) < 4.78 is 7.30. The topological polar surface area (TPSA) is 68.2 Å². The third kappa shape index (κ3) is 3.70. The summed E-state index contributed by atoms with van der Waals surface area (Å²) in [5.74, 6) is 0. The van der Waals surface area contributed by atoms with E-state index in [0.29, 0.717) is 18.3 Å². The lowest BCUT2D eigenvalue weighted by molar-refractivity contribution is 0.0662. The Labute approximate surface area is 152 Å². The number of rotatable bonds is 4. The molecule has 1 aliphatic rings. The molecule has 2 aromatic carbocycles. The van der Waals surface area contributed by atoms with Crippen LogP contribution in [-0.4, -0.2) is 29.0 Å². The molecular formula is C20H22N4O2. The van der Waals surface area contributed by atoms with Crippen molar-refractivity contribution in [1.29, 1.82) is 0 Å². The lowest BCUT2D eigenvalue weighted by atomic mass is 10.0. The summed E-state index contributed by atoms with van der Waals surface area (Å²) >= 11 is 0. The van der Waals surface area contributed by atoms with E-state index in [2.05, 4.69) is 33.9 Å². The lowest BCUT2D eigenvalue weighted by Gasteiger charge is -2.22. The quantitative estimate of drug-likeness (QED) is 0.754. The van der Waals surface area contributed by atoms with Crippen LogP contribution in [0, 0.1) is 0 Å². The molecule has 1 fully saturated rings. The molecule has 0 atom stereocenters. The molecule has 0 unspecified atom stereocenters. The number of aromatic nitrogens is 2. The summed E-state index contributed by atoms with van der Waals surface area (Å²) in [7, 11) is 0. The number of hydrogen-bond acceptors (Lipinski definition) is 3. The Morgan fingerprint density at radius 1 is 1.15 bits per heavy atom. The van der Waals surface area contributed by atoms with E-state index in [1.54, 1.807) is 6.20 Å². The van der Waals surface area contributed by atoms with E-state index < -0.39 is 0 Å². The first-order valence-corrected chi connectivity index (χ1v) is 8.93. The van der Waals surface area contributed by atoms with Gasteiger partial charge in [0.1, 0.15) is 0 Å². The number of nitrogens with zero attached hydrogens (tertiary/aromatic N) is 2. The van der Waals surface area contributed by atoms with E-state index in [1.807, 2.05) is 35.1 Å². The number of benzene rings is 2. The average molecular weight is 350 g/mol. The molecule has 2 heterocycles. The van der Waals surface area contributed by atoms with Crippen LogP contribution in [0.5, 0.6) is 0 Å². The Hall–Kier alpha value is -2.86. The number of urea groups is 1. The molecule has 2 amide bonds. The summed E-state index contributed by atoms with van der Waals surface area (Å²) in [5, 5.41) is 12.5. The van der Waals surface area contributed by atoms with Gasteiger partial charge in [-0.05, 0) is 29.2 Å². The molecule has 6 nitrogen and oxygen atoms in total. The molecule has 134 valence electrons. The second-order valence-electron chi connectivity index (χ2n) is 6.50. The summed E-state index contributed by atoms with van der Waals surface area (Å²) in [6, 6.07) is 14.4. The van der Waals surface area contributed by atoms with Crippen LogP contribution in [0.25, 0.3) is 10.8 Å². The van der Waals surface area contributed by atoms with Crippen molar-refractivity contribution in [2.24, 2.45) is 0 Å². The van der Waals surface area contributed by atoms with E-state index in [0.717, 1.165) is 37.0 Å². The number of nitrogens with one attached hydrogen (secondary N) is 2. The second-order valence-corrected chi connectivity index (χ2v) is 6.50. The Bertz CT molecular complexity index is 894. The molecule has 1 saturated heterocycles. The fourth-order valence-electron chi connectivity index (χ4n) is 3.35. The highest BCUT2D eigenvalue weighted by Gasteiger charge is 2.16. The minimum absolute atomic E-state index is 0.232. The molecule has 0 spiro atoms. The average Bonchev–Trinajstić information content (AvgIpc) is 3.15. The largest absolute Gasteiger partial charge is 0.381 e. The van der Waals surface area contributed by atoms with Gasteiger partial charge in [-0.3, -0.25) is 4.68 Å². The van der Waals surface area contributed by atoms with Gasteiger partial charge in [0.15, 0.2) is 0 Å². The molecule has 1 aromatic heterocycles. The van der Waals surface area contributed by atoms with Crippen LogP contribution in [0.2, 0.25) is 0 Å². The summed E-state index contributed by atoms with van der Waals surface area (Å²) in [6.45, 7) is 2.00. The van der Waals surface area contributed by atoms with Crippen LogP contribution in [0.3, 0.4) is 0 Å². The Morgan fingerprint density at radius 3 is 2.85 bits per heavy atom. The summed E-state index contributed by atoms with van der Waals surface area (Å²) in [4.78, 5) is 12.2. The predicted molar refractivity (Wildman–Crippen MR) is 101 cm³/mol.